The van der Waals surface area contributed by atoms with Crippen molar-refractivity contribution in [2.75, 3.05) is 0 Å². The topological polar surface area (TPSA) is 0 Å². The largest absolute Gasteiger partial charge is 1.00 e. The molecule has 0 saturated heterocycles. The van der Waals surface area contributed by atoms with Crippen LogP contribution >= 0.6 is 0 Å². The molecule has 1 aliphatic rings. The summed E-state index contributed by atoms with van der Waals surface area (Å²) < 4.78 is 76.7. The normalized spacial score (nSPS) is 12.2. The van der Waals surface area contributed by atoms with E-state index < -0.39 is 23.5 Å². The molecule has 6 rings (SSSR count). The van der Waals surface area contributed by atoms with E-state index in [0.717, 1.165) is 54.9 Å². The van der Waals surface area contributed by atoms with Crippen LogP contribution in [0, 0.1) is 26.8 Å². The third-order valence-electron chi connectivity index (χ3n) is 8.93. The monoisotopic (exact) mass is 846 g/mol. The van der Waals surface area contributed by atoms with E-state index in [-0.39, 0.29) is 46.8 Å². The Labute approximate surface area is 337 Å². The fourth-order valence-electron chi connectivity index (χ4n) is 5.85. The Balaban J connectivity index is 0.000000295. The second-order valence-electron chi connectivity index (χ2n) is 15.2. The molecule has 0 bridgehead atoms. The van der Waals surface area contributed by atoms with Gasteiger partial charge in [-0.25, -0.2) is 6.07 Å². The van der Waals surface area contributed by atoms with Crippen molar-refractivity contribution in [1.82, 2.24) is 0 Å². The van der Waals surface area contributed by atoms with Gasteiger partial charge in [-0.1, -0.05) is 86.1 Å². The van der Waals surface area contributed by atoms with E-state index in [1.54, 1.807) is 0 Å². The van der Waals surface area contributed by atoms with E-state index in [2.05, 4.69) is 111 Å². The molecule has 53 heavy (non-hydrogen) atoms. The fourth-order valence-corrected chi connectivity index (χ4v) is 6.61. The first kappa shape index (κ1) is 46.3. The van der Waals surface area contributed by atoms with Gasteiger partial charge in [-0.3, -0.25) is 0 Å². The minimum Gasteiger partial charge on any atom is -1.00 e. The van der Waals surface area contributed by atoms with Crippen molar-refractivity contribution in [3.63, 3.8) is 0 Å². The van der Waals surface area contributed by atoms with E-state index in [0.29, 0.717) is 3.21 Å². The van der Waals surface area contributed by atoms with Crippen LogP contribution in [0.1, 0.15) is 103 Å². The van der Waals surface area contributed by atoms with Gasteiger partial charge in [0.1, 0.15) is 0 Å². The summed E-state index contributed by atoms with van der Waals surface area (Å²) in [5, 5.41) is 0. The summed E-state index contributed by atoms with van der Waals surface area (Å²) in [5.41, 5.74) is 11.8. The molecule has 5 aromatic carbocycles. The predicted molar refractivity (Wildman–Crippen MR) is 193 cm³/mol. The third-order valence-corrected chi connectivity index (χ3v) is 10.4. The predicted octanol–water partition coefficient (Wildman–Crippen LogP) is 6.83. The van der Waals surface area contributed by atoms with Crippen LogP contribution in [-0.2, 0) is 53.8 Å². The van der Waals surface area contributed by atoms with E-state index in [4.69, 9.17) is 0 Å². The Morgan fingerprint density at radius 3 is 1.53 bits per heavy atom. The molecule has 9 heteroatoms. The standard InChI is InChI=1S/C21H25.C15H8F6.C8H11.2ClH.Zr/c1-20(2,3)16-7-9-18-14(12-16)11-15-13-17(21(4,5)6)8-10-19(15)18;16-14(17,18)12-5-1-3-10(8-12)7-11-4-2-6-13(9-11)15(19,20)21;1-6-4-7(2)8(3)5-6;;;/h7-10,12H,11H2,1-6H3;1-6,8-9H;4-5H,1-3H3;2*1H;/q-1;;-1;;;+2/p-2. The second kappa shape index (κ2) is 17.7. The van der Waals surface area contributed by atoms with Crippen LogP contribution in [0.4, 0.5) is 26.3 Å². The molecule has 0 atom stereocenters. The number of alkyl halides is 6. The number of benzene rings is 4. The first-order valence-corrected chi connectivity index (χ1v) is 18.0. The molecule has 5 aromatic rings. The van der Waals surface area contributed by atoms with Gasteiger partial charge >= 0.3 is 137 Å². The Bertz CT molecular complexity index is 1880. The summed E-state index contributed by atoms with van der Waals surface area (Å²) >= 11 is 0.729. The first-order valence-electron chi connectivity index (χ1n) is 16.8. The van der Waals surface area contributed by atoms with Crippen LogP contribution in [0.2, 0.25) is 0 Å². The molecule has 0 spiro atoms. The number of hydrogen-bond donors (Lipinski definition) is 0. The Hall–Kier alpha value is -2.86. The Kier molecular flexibility index (Phi) is 15.5. The third kappa shape index (κ3) is 12.1. The minimum atomic E-state index is -4.49. The quantitative estimate of drug-likeness (QED) is 0.133. The van der Waals surface area contributed by atoms with E-state index in [1.165, 1.54) is 74.3 Å². The van der Waals surface area contributed by atoms with Gasteiger partial charge in [-0.05, 0) is 28.4 Å². The van der Waals surface area contributed by atoms with Gasteiger partial charge in [0.2, 0.25) is 0 Å². The fraction of sp³-hybridized carbons (Fsp3) is 0.318. The summed E-state index contributed by atoms with van der Waals surface area (Å²) in [6.07, 6.45) is -7.95. The van der Waals surface area contributed by atoms with Gasteiger partial charge in [-0.15, -0.1) is 11.1 Å². The van der Waals surface area contributed by atoms with Gasteiger partial charge in [0.25, 0.3) is 0 Å². The van der Waals surface area contributed by atoms with E-state index >= 15 is 0 Å². The molecular weight excluding hydrogens is 805 g/mol. The van der Waals surface area contributed by atoms with Gasteiger partial charge in [-0.2, -0.15) is 46.5 Å². The number of fused-ring (bicyclic) bond motifs is 3. The molecule has 0 aliphatic heterocycles. The molecule has 0 N–H and O–H groups in total. The molecule has 0 aromatic heterocycles. The average Bonchev–Trinajstić information content (AvgIpc) is 3.55. The van der Waals surface area contributed by atoms with Crippen LogP contribution in [0.15, 0.2) is 91.0 Å². The molecule has 0 amide bonds. The van der Waals surface area contributed by atoms with Crippen LogP contribution in [0.3, 0.4) is 0 Å². The average molecular weight is 849 g/mol. The molecule has 0 unspecified atom stereocenters. The summed E-state index contributed by atoms with van der Waals surface area (Å²) in [6, 6.07) is 28.7. The van der Waals surface area contributed by atoms with Gasteiger partial charge in [0.05, 0.1) is 0 Å². The van der Waals surface area contributed by atoms with Crippen molar-refractivity contribution in [1.29, 1.82) is 0 Å². The second-order valence-corrected chi connectivity index (χ2v) is 16.5. The van der Waals surface area contributed by atoms with Gasteiger partial charge in [0.15, 0.2) is 0 Å². The summed E-state index contributed by atoms with van der Waals surface area (Å²) in [7, 11) is 0. The van der Waals surface area contributed by atoms with Crippen LogP contribution in [-0.4, -0.2) is 3.21 Å². The smallest absolute Gasteiger partial charge is 1.00 e. The zero-order valence-corrected chi connectivity index (χ0v) is 35.4. The van der Waals surface area contributed by atoms with Crippen molar-refractivity contribution in [3.8, 4) is 11.1 Å². The van der Waals surface area contributed by atoms with Crippen LogP contribution in [0.5, 0.6) is 0 Å². The SMILES string of the molecule is CC(C)(C)c1[c-]c2c(cc1)-c1ccc(C(C)(C)C)cc1C2.Cc1cc(C)c(C)[cH-]1.FC(F)(F)c1cccc([C](=[Zr+2])c2cccc(C(F)(F)F)c2)c1.[Cl-].[Cl-]. The molecular formula is C44H44Cl2F6Zr-2. The zero-order valence-electron chi connectivity index (χ0n) is 31.4. The van der Waals surface area contributed by atoms with Crippen LogP contribution < -0.4 is 24.8 Å². The van der Waals surface area contributed by atoms with Crippen molar-refractivity contribution < 1.29 is 75.4 Å². The maximum Gasteiger partial charge on any atom is -1.00 e. The summed E-state index contributed by atoms with van der Waals surface area (Å²) in [5.74, 6) is 0. The molecule has 282 valence electrons. The van der Waals surface area contributed by atoms with E-state index in [1.807, 2.05) is 0 Å². The maximum atomic E-state index is 12.7. The number of rotatable bonds is 2. The van der Waals surface area contributed by atoms with Gasteiger partial charge in [0, 0.05) is 0 Å². The van der Waals surface area contributed by atoms with Crippen molar-refractivity contribution >= 4 is 3.21 Å². The summed E-state index contributed by atoms with van der Waals surface area (Å²) in [6.45, 7) is 20.0. The molecule has 0 fully saturated rings. The minimum absolute atomic E-state index is 0. The molecule has 1 aliphatic carbocycles. The zero-order chi connectivity index (χ0) is 38.1. The summed E-state index contributed by atoms with van der Waals surface area (Å²) in [4.78, 5) is 0. The molecule has 0 saturated carbocycles. The van der Waals surface area contributed by atoms with Crippen LogP contribution in [0.25, 0.3) is 11.1 Å². The maximum absolute atomic E-state index is 12.7. The van der Waals surface area contributed by atoms with E-state index in [9.17, 15) is 26.3 Å². The molecule has 0 radical (unpaired) electrons. The molecule has 0 heterocycles. The number of aryl methyl sites for hydroxylation is 3. The Morgan fingerprint density at radius 2 is 1.13 bits per heavy atom. The van der Waals surface area contributed by atoms with Gasteiger partial charge < -0.3 is 24.8 Å². The molecule has 0 nitrogen and oxygen atoms in total. The number of hydrogen-bond acceptors (Lipinski definition) is 0. The number of halogens is 8. The Morgan fingerprint density at radius 1 is 0.623 bits per heavy atom. The first-order chi connectivity index (χ1) is 23.4. The van der Waals surface area contributed by atoms with Crippen molar-refractivity contribution in [3.05, 3.63) is 158 Å². The van der Waals surface area contributed by atoms with Crippen molar-refractivity contribution in [2.24, 2.45) is 0 Å². The van der Waals surface area contributed by atoms with Crippen molar-refractivity contribution in [2.45, 2.75) is 91.9 Å².